The van der Waals surface area contributed by atoms with E-state index in [1.807, 2.05) is 6.92 Å². The lowest BCUT2D eigenvalue weighted by molar-refractivity contribution is -0.149. The summed E-state index contributed by atoms with van der Waals surface area (Å²) in [5.41, 5.74) is 0.631. The summed E-state index contributed by atoms with van der Waals surface area (Å²) in [6.07, 6.45) is 2.26. The minimum atomic E-state index is -0.996. The number of amides is 2. The summed E-state index contributed by atoms with van der Waals surface area (Å²) in [6, 6.07) is 6.19. The molecular formula is C23H28N2O6S. The van der Waals surface area contributed by atoms with Crippen LogP contribution in [0.2, 0.25) is 0 Å². The Hall–Kier alpha value is -2.52. The third kappa shape index (κ3) is 3.13. The number of carbonyl (C=O) groups excluding carboxylic acids is 2. The van der Waals surface area contributed by atoms with Gasteiger partial charge in [-0.15, -0.1) is 18.3 Å². The number of carboxylic acids is 1. The van der Waals surface area contributed by atoms with E-state index in [2.05, 4.69) is 6.58 Å². The van der Waals surface area contributed by atoms with Crippen LogP contribution in [0.15, 0.2) is 36.9 Å². The summed E-state index contributed by atoms with van der Waals surface area (Å²) in [5, 5.41) is 19.4. The molecule has 3 fully saturated rings. The van der Waals surface area contributed by atoms with Crippen molar-refractivity contribution in [2.24, 2.45) is 17.8 Å². The lowest BCUT2D eigenvalue weighted by atomic mass is 9.66. The minimum absolute atomic E-state index is 0.0116. The number of hydrogen-bond donors (Lipinski definition) is 2. The molecule has 0 aliphatic carbocycles. The number of β-amino-alcohol motifs (C(OH)–C–C–N with tert-alkyl or cyclic N) is 1. The summed E-state index contributed by atoms with van der Waals surface area (Å²) in [5.74, 6) is -2.59. The van der Waals surface area contributed by atoms with Crippen molar-refractivity contribution in [1.29, 1.82) is 0 Å². The summed E-state index contributed by atoms with van der Waals surface area (Å²) in [7, 11) is 1.56. The highest BCUT2D eigenvalue weighted by molar-refractivity contribution is 8.02. The smallest absolute Gasteiger partial charge is 0.308 e. The molecule has 9 heteroatoms. The normalized spacial score (nSPS) is 32.7. The number of nitrogens with zero attached hydrogens (tertiary/aromatic N) is 2. The van der Waals surface area contributed by atoms with Crippen LogP contribution in [0.4, 0.5) is 5.69 Å². The number of anilines is 1. The number of likely N-dealkylation sites (tertiary alicyclic amines) is 1. The van der Waals surface area contributed by atoms with Crippen molar-refractivity contribution >= 4 is 35.2 Å². The highest BCUT2D eigenvalue weighted by Gasteiger charge is 2.76. The van der Waals surface area contributed by atoms with Crippen molar-refractivity contribution in [3.05, 3.63) is 36.9 Å². The zero-order chi connectivity index (χ0) is 23.2. The number of thioether (sulfide) groups is 1. The number of aliphatic hydroxyl groups excluding tert-OH is 1. The number of ether oxygens (including phenoxy) is 1. The van der Waals surface area contributed by atoms with Crippen LogP contribution >= 0.6 is 11.8 Å². The molecule has 6 atom stereocenters. The van der Waals surface area contributed by atoms with E-state index in [1.165, 1.54) is 16.7 Å². The van der Waals surface area contributed by atoms with Crippen molar-refractivity contribution in [3.8, 4) is 5.75 Å². The fraction of sp³-hybridized carbons (Fsp3) is 0.522. The Morgan fingerprint density at radius 2 is 2.06 bits per heavy atom. The van der Waals surface area contributed by atoms with E-state index in [0.717, 1.165) is 0 Å². The molecule has 3 aliphatic heterocycles. The Kier molecular flexibility index (Phi) is 5.98. The van der Waals surface area contributed by atoms with Crippen LogP contribution < -0.4 is 9.64 Å². The third-order valence-electron chi connectivity index (χ3n) is 7.07. The number of benzene rings is 1. The minimum Gasteiger partial charge on any atom is -0.497 e. The van der Waals surface area contributed by atoms with Gasteiger partial charge in [0.15, 0.2) is 0 Å². The van der Waals surface area contributed by atoms with Crippen molar-refractivity contribution in [3.63, 3.8) is 0 Å². The Morgan fingerprint density at radius 3 is 2.62 bits per heavy atom. The molecule has 2 N–H and O–H groups in total. The van der Waals surface area contributed by atoms with Gasteiger partial charge >= 0.3 is 5.97 Å². The average molecular weight is 461 g/mol. The zero-order valence-corrected chi connectivity index (χ0v) is 19.0. The molecule has 32 heavy (non-hydrogen) atoms. The number of fused-ring (bicyclic) bond motifs is 1. The molecule has 1 spiro atoms. The average Bonchev–Trinajstić information content (AvgIpc) is 3.36. The molecule has 2 bridgehead atoms. The fourth-order valence-electron chi connectivity index (χ4n) is 5.79. The van der Waals surface area contributed by atoms with Crippen LogP contribution in [0.3, 0.4) is 0 Å². The highest BCUT2D eigenvalue weighted by atomic mass is 32.2. The lowest BCUT2D eigenvalue weighted by Gasteiger charge is -2.40. The van der Waals surface area contributed by atoms with Gasteiger partial charge in [0.05, 0.1) is 30.3 Å². The van der Waals surface area contributed by atoms with Gasteiger partial charge in [-0.2, -0.15) is 0 Å². The molecule has 1 aromatic rings. The molecule has 3 heterocycles. The van der Waals surface area contributed by atoms with Crippen LogP contribution in [0.5, 0.6) is 5.75 Å². The summed E-state index contributed by atoms with van der Waals surface area (Å²) in [6.45, 7) is 5.69. The van der Waals surface area contributed by atoms with Crippen molar-refractivity contribution in [2.45, 2.75) is 29.4 Å². The maximum atomic E-state index is 14.1. The molecule has 0 radical (unpaired) electrons. The molecule has 8 nitrogen and oxygen atoms in total. The van der Waals surface area contributed by atoms with E-state index in [4.69, 9.17) is 4.74 Å². The number of carbonyl (C=O) groups is 3. The summed E-state index contributed by atoms with van der Waals surface area (Å²) >= 11 is 1.48. The molecule has 1 aromatic carbocycles. The number of aliphatic carboxylic acids is 1. The van der Waals surface area contributed by atoms with Gasteiger partial charge in [0.2, 0.25) is 5.91 Å². The summed E-state index contributed by atoms with van der Waals surface area (Å²) in [4.78, 5) is 42.6. The number of methoxy groups -OCH3 is 1. The second-order valence-corrected chi connectivity index (χ2v) is 10.1. The third-order valence-corrected chi connectivity index (χ3v) is 9.14. The quantitative estimate of drug-likeness (QED) is 0.568. The Balaban J connectivity index is 1.79. The SMILES string of the molecule is C=CCN(C(=O)C1N(CCO)C(=O)[C@@H]2[C@@H](C(=O)O)[C@H]3CC(C)C12S3)c1ccc(OC)cc1. The van der Waals surface area contributed by atoms with Gasteiger partial charge < -0.3 is 24.7 Å². The molecule has 172 valence electrons. The molecule has 2 amide bonds. The number of aliphatic hydroxyl groups is 1. The van der Waals surface area contributed by atoms with Gasteiger partial charge in [-0.1, -0.05) is 13.0 Å². The Labute approximate surface area is 191 Å². The fourth-order valence-corrected chi connectivity index (χ4v) is 8.20. The van der Waals surface area contributed by atoms with Gasteiger partial charge in [-0.05, 0) is 36.6 Å². The second-order valence-electron chi connectivity index (χ2n) is 8.58. The molecular weight excluding hydrogens is 432 g/mol. The Morgan fingerprint density at radius 1 is 1.38 bits per heavy atom. The van der Waals surface area contributed by atoms with Gasteiger partial charge in [0, 0.05) is 24.0 Å². The predicted molar refractivity (Wildman–Crippen MR) is 121 cm³/mol. The number of hydrogen-bond acceptors (Lipinski definition) is 6. The zero-order valence-electron chi connectivity index (χ0n) is 18.1. The van der Waals surface area contributed by atoms with E-state index < -0.39 is 28.6 Å². The molecule has 3 aliphatic rings. The predicted octanol–water partition coefficient (Wildman–Crippen LogP) is 1.63. The first-order valence-corrected chi connectivity index (χ1v) is 11.6. The van der Waals surface area contributed by atoms with E-state index >= 15 is 0 Å². The largest absolute Gasteiger partial charge is 0.497 e. The topological polar surface area (TPSA) is 107 Å². The van der Waals surface area contributed by atoms with Gasteiger partial charge in [-0.3, -0.25) is 14.4 Å². The number of carboxylic acid groups (broad SMARTS) is 1. The van der Waals surface area contributed by atoms with Crippen LogP contribution in [0.25, 0.3) is 0 Å². The van der Waals surface area contributed by atoms with Crippen molar-refractivity contribution in [1.82, 2.24) is 4.90 Å². The molecule has 3 unspecified atom stereocenters. The van der Waals surface area contributed by atoms with E-state index in [-0.39, 0.29) is 42.7 Å². The van der Waals surface area contributed by atoms with Gasteiger partial charge in [-0.25, -0.2) is 0 Å². The first-order chi connectivity index (χ1) is 15.3. The van der Waals surface area contributed by atoms with Gasteiger partial charge in [0.25, 0.3) is 5.91 Å². The molecule has 0 saturated carbocycles. The number of rotatable bonds is 8. The second kappa shape index (κ2) is 8.44. The van der Waals surface area contributed by atoms with E-state index in [9.17, 15) is 24.6 Å². The van der Waals surface area contributed by atoms with Crippen LogP contribution in [0.1, 0.15) is 13.3 Å². The van der Waals surface area contributed by atoms with Crippen LogP contribution in [-0.2, 0) is 14.4 Å². The van der Waals surface area contributed by atoms with Crippen LogP contribution in [0, 0.1) is 17.8 Å². The first kappa shape index (κ1) is 22.7. The lowest BCUT2D eigenvalue weighted by Crippen LogP contribution is -2.57. The summed E-state index contributed by atoms with van der Waals surface area (Å²) < 4.78 is 4.38. The molecule has 3 saturated heterocycles. The standard InChI is InChI=1S/C23H28N2O6S/c1-4-9-24(14-5-7-15(31-3)8-6-14)21(28)19-23-13(2)12-16(32-23)17(22(29)30)18(23)20(27)25(19)10-11-26/h4-8,13,16-19,26H,1,9-12H2,2-3H3,(H,29,30)/t13?,16-,17+,18+,19?,23?/m1/s1. The molecule has 4 rings (SSSR count). The maximum absolute atomic E-state index is 14.1. The van der Waals surface area contributed by atoms with Crippen LogP contribution in [-0.4, -0.2) is 75.7 Å². The molecule has 0 aromatic heterocycles. The first-order valence-electron chi connectivity index (χ1n) is 10.7. The highest BCUT2D eigenvalue weighted by Crippen LogP contribution is 2.68. The van der Waals surface area contributed by atoms with Gasteiger partial charge in [0.1, 0.15) is 11.8 Å². The van der Waals surface area contributed by atoms with Crippen molar-refractivity contribution < 1.29 is 29.3 Å². The Bertz CT molecular complexity index is 937. The monoisotopic (exact) mass is 460 g/mol. The van der Waals surface area contributed by atoms with E-state index in [0.29, 0.717) is 17.9 Å². The maximum Gasteiger partial charge on any atom is 0.308 e. The van der Waals surface area contributed by atoms with E-state index in [1.54, 1.807) is 42.4 Å². The van der Waals surface area contributed by atoms with Crippen molar-refractivity contribution in [2.75, 3.05) is 31.7 Å².